The fourth-order valence-corrected chi connectivity index (χ4v) is 2.33. The first-order chi connectivity index (χ1) is 9.96. The SMILES string of the molecule is CC(C)(C)NCc1cccc(F)c1OCC1CCOCC1. The second-order valence-electron chi connectivity index (χ2n) is 6.70. The van der Waals surface area contributed by atoms with Gasteiger partial charge in [0.05, 0.1) is 6.61 Å². The summed E-state index contributed by atoms with van der Waals surface area (Å²) in [6.45, 7) is 9.00. The van der Waals surface area contributed by atoms with E-state index in [0.29, 0.717) is 24.8 Å². The molecule has 3 nitrogen and oxygen atoms in total. The van der Waals surface area contributed by atoms with Crippen molar-refractivity contribution in [3.05, 3.63) is 29.6 Å². The van der Waals surface area contributed by atoms with E-state index in [-0.39, 0.29) is 11.4 Å². The Morgan fingerprint density at radius 3 is 2.67 bits per heavy atom. The van der Waals surface area contributed by atoms with Gasteiger partial charge >= 0.3 is 0 Å². The highest BCUT2D eigenvalue weighted by molar-refractivity contribution is 5.35. The van der Waals surface area contributed by atoms with Gasteiger partial charge in [-0.1, -0.05) is 12.1 Å². The van der Waals surface area contributed by atoms with Crippen LogP contribution < -0.4 is 10.1 Å². The van der Waals surface area contributed by atoms with E-state index in [0.717, 1.165) is 31.6 Å². The summed E-state index contributed by atoms with van der Waals surface area (Å²) in [7, 11) is 0. The summed E-state index contributed by atoms with van der Waals surface area (Å²) in [5, 5.41) is 3.38. The first-order valence-corrected chi connectivity index (χ1v) is 7.69. The van der Waals surface area contributed by atoms with Crippen molar-refractivity contribution < 1.29 is 13.9 Å². The van der Waals surface area contributed by atoms with Crippen LogP contribution in [-0.4, -0.2) is 25.4 Å². The van der Waals surface area contributed by atoms with Crippen LogP contribution in [0.3, 0.4) is 0 Å². The van der Waals surface area contributed by atoms with Crippen molar-refractivity contribution in [2.75, 3.05) is 19.8 Å². The molecule has 1 N–H and O–H groups in total. The first-order valence-electron chi connectivity index (χ1n) is 7.69. The van der Waals surface area contributed by atoms with E-state index in [1.807, 2.05) is 6.07 Å². The van der Waals surface area contributed by atoms with Gasteiger partial charge in [-0.15, -0.1) is 0 Å². The Morgan fingerprint density at radius 1 is 1.29 bits per heavy atom. The molecule has 1 aliphatic heterocycles. The summed E-state index contributed by atoms with van der Waals surface area (Å²) >= 11 is 0. The Balaban J connectivity index is 1.99. The molecule has 0 spiro atoms. The van der Waals surface area contributed by atoms with Gasteiger partial charge < -0.3 is 14.8 Å². The minimum absolute atomic E-state index is 0.00963. The van der Waals surface area contributed by atoms with Crippen molar-refractivity contribution in [1.82, 2.24) is 5.32 Å². The number of hydrogen-bond acceptors (Lipinski definition) is 3. The van der Waals surface area contributed by atoms with E-state index in [9.17, 15) is 4.39 Å². The van der Waals surface area contributed by atoms with Crippen LogP contribution in [0, 0.1) is 11.7 Å². The lowest BCUT2D eigenvalue weighted by atomic mass is 10.0. The topological polar surface area (TPSA) is 30.5 Å². The van der Waals surface area contributed by atoms with Crippen LogP contribution in [0.15, 0.2) is 18.2 Å². The molecule has 1 aliphatic rings. The van der Waals surface area contributed by atoms with Gasteiger partial charge in [-0.25, -0.2) is 4.39 Å². The molecule has 1 fully saturated rings. The number of benzene rings is 1. The first kappa shape index (κ1) is 16.2. The average molecular weight is 295 g/mol. The second-order valence-corrected chi connectivity index (χ2v) is 6.70. The standard InChI is InChI=1S/C17H26FNO2/c1-17(2,3)19-11-14-5-4-6-15(18)16(14)21-12-13-7-9-20-10-8-13/h4-6,13,19H,7-12H2,1-3H3. The van der Waals surface area contributed by atoms with E-state index in [2.05, 4.69) is 26.1 Å². The third-order valence-corrected chi connectivity index (χ3v) is 3.66. The fraction of sp³-hybridized carbons (Fsp3) is 0.647. The Labute approximate surface area is 126 Å². The average Bonchev–Trinajstić information content (AvgIpc) is 2.44. The lowest BCUT2D eigenvalue weighted by Gasteiger charge is -2.24. The van der Waals surface area contributed by atoms with Gasteiger partial charge in [0.1, 0.15) is 0 Å². The smallest absolute Gasteiger partial charge is 0.165 e. The minimum atomic E-state index is -0.282. The van der Waals surface area contributed by atoms with E-state index in [1.165, 1.54) is 6.07 Å². The normalized spacial score (nSPS) is 17.0. The van der Waals surface area contributed by atoms with Gasteiger partial charge in [0, 0.05) is 30.9 Å². The number of rotatable bonds is 5. The fourth-order valence-electron chi connectivity index (χ4n) is 2.33. The molecule has 0 unspecified atom stereocenters. The minimum Gasteiger partial charge on any atom is -0.490 e. The predicted octanol–water partition coefficient (Wildman–Crippen LogP) is 3.52. The molecule has 0 aromatic heterocycles. The molecule has 1 saturated heterocycles. The predicted molar refractivity (Wildman–Crippen MR) is 82.0 cm³/mol. The van der Waals surface area contributed by atoms with Crippen molar-refractivity contribution >= 4 is 0 Å². The summed E-state index contributed by atoms with van der Waals surface area (Å²) in [5.74, 6) is 0.567. The van der Waals surface area contributed by atoms with Crippen molar-refractivity contribution in [2.45, 2.75) is 45.7 Å². The maximum atomic E-state index is 14.0. The molecular weight excluding hydrogens is 269 g/mol. The van der Waals surface area contributed by atoms with Gasteiger partial charge in [0.15, 0.2) is 11.6 Å². The molecule has 1 aromatic carbocycles. The van der Waals surface area contributed by atoms with Gasteiger partial charge in [0.2, 0.25) is 0 Å². The van der Waals surface area contributed by atoms with Crippen molar-refractivity contribution in [1.29, 1.82) is 0 Å². The Kier molecular flexibility index (Phi) is 5.59. The molecule has 2 rings (SSSR count). The van der Waals surface area contributed by atoms with Crippen molar-refractivity contribution in [3.8, 4) is 5.75 Å². The molecular formula is C17H26FNO2. The number of para-hydroxylation sites is 1. The molecule has 0 bridgehead atoms. The van der Waals surface area contributed by atoms with Crippen molar-refractivity contribution in [3.63, 3.8) is 0 Å². The molecule has 0 saturated carbocycles. The van der Waals surface area contributed by atoms with Crippen LogP contribution in [0.1, 0.15) is 39.2 Å². The van der Waals surface area contributed by atoms with Crippen molar-refractivity contribution in [2.24, 2.45) is 5.92 Å². The molecule has 0 atom stereocenters. The third kappa shape index (κ3) is 5.29. The molecule has 1 aromatic rings. The Bertz CT molecular complexity index is 451. The zero-order valence-corrected chi connectivity index (χ0v) is 13.2. The number of ether oxygens (including phenoxy) is 2. The van der Waals surface area contributed by atoms with E-state index < -0.39 is 0 Å². The molecule has 4 heteroatoms. The van der Waals surface area contributed by atoms with Crippen LogP contribution in [0.5, 0.6) is 5.75 Å². The monoisotopic (exact) mass is 295 g/mol. The summed E-state index contributed by atoms with van der Waals surface area (Å²) in [6, 6.07) is 5.11. The summed E-state index contributed by atoms with van der Waals surface area (Å²) in [4.78, 5) is 0. The van der Waals surface area contributed by atoms with Crippen LogP contribution >= 0.6 is 0 Å². The Hall–Kier alpha value is -1.13. The number of halogens is 1. The summed E-state index contributed by atoms with van der Waals surface area (Å²) in [5.41, 5.74) is 0.863. The quantitative estimate of drug-likeness (QED) is 0.901. The van der Waals surface area contributed by atoms with E-state index >= 15 is 0 Å². The highest BCUT2D eigenvalue weighted by atomic mass is 19.1. The molecule has 0 amide bonds. The van der Waals surface area contributed by atoms with E-state index in [4.69, 9.17) is 9.47 Å². The molecule has 21 heavy (non-hydrogen) atoms. The zero-order valence-electron chi connectivity index (χ0n) is 13.2. The van der Waals surface area contributed by atoms with E-state index in [1.54, 1.807) is 6.07 Å². The number of nitrogens with one attached hydrogen (secondary N) is 1. The molecule has 0 radical (unpaired) electrons. The molecule has 118 valence electrons. The summed E-state index contributed by atoms with van der Waals surface area (Å²) < 4.78 is 25.2. The highest BCUT2D eigenvalue weighted by Gasteiger charge is 2.18. The lowest BCUT2D eigenvalue weighted by Crippen LogP contribution is -2.35. The molecule has 0 aliphatic carbocycles. The number of hydrogen-bond donors (Lipinski definition) is 1. The van der Waals surface area contributed by atoms with Gasteiger partial charge in [-0.05, 0) is 45.6 Å². The lowest BCUT2D eigenvalue weighted by molar-refractivity contribution is 0.0489. The Morgan fingerprint density at radius 2 is 2.00 bits per heavy atom. The van der Waals surface area contributed by atoms with Crippen LogP contribution in [0.4, 0.5) is 4.39 Å². The molecule has 1 heterocycles. The zero-order chi connectivity index (χ0) is 15.3. The van der Waals surface area contributed by atoms with Gasteiger partial charge in [-0.2, -0.15) is 0 Å². The summed E-state index contributed by atoms with van der Waals surface area (Å²) in [6.07, 6.45) is 1.98. The maximum absolute atomic E-state index is 14.0. The highest BCUT2D eigenvalue weighted by Crippen LogP contribution is 2.25. The maximum Gasteiger partial charge on any atom is 0.165 e. The van der Waals surface area contributed by atoms with Crippen LogP contribution in [0.2, 0.25) is 0 Å². The second kappa shape index (κ2) is 7.23. The van der Waals surface area contributed by atoms with Crippen LogP contribution in [-0.2, 0) is 11.3 Å². The van der Waals surface area contributed by atoms with Gasteiger partial charge in [-0.3, -0.25) is 0 Å². The largest absolute Gasteiger partial charge is 0.490 e. The van der Waals surface area contributed by atoms with Crippen LogP contribution in [0.25, 0.3) is 0 Å². The van der Waals surface area contributed by atoms with Gasteiger partial charge in [0.25, 0.3) is 0 Å². The third-order valence-electron chi connectivity index (χ3n) is 3.66.